The molecule has 1 aliphatic rings. The minimum atomic E-state index is -0.927. The molecule has 0 spiro atoms. The fourth-order valence-electron chi connectivity index (χ4n) is 4.87. The van der Waals surface area contributed by atoms with Crippen molar-refractivity contribution in [1.29, 1.82) is 0 Å². The maximum atomic E-state index is 14.9. The van der Waals surface area contributed by atoms with Crippen LogP contribution in [0.1, 0.15) is 109 Å². The van der Waals surface area contributed by atoms with Gasteiger partial charge in [-0.3, -0.25) is 0 Å². The smallest absolute Gasteiger partial charge is 0.201 e. The monoisotopic (exact) mass is 516 g/mol. The summed E-state index contributed by atoms with van der Waals surface area (Å²) in [5.41, 5.74) is 1.72. The SMILES string of the molecule is CCCCCCCCCOc1ccc(-c2ccc(C3OCC(CCCCCCC)CO3)cc2)c(F)c1F. The maximum Gasteiger partial charge on any atom is 0.201 e. The molecule has 5 heteroatoms. The number of halogens is 2. The lowest BCUT2D eigenvalue weighted by Gasteiger charge is -2.29. The molecule has 0 N–H and O–H groups in total. The zero-order valence-electron chi connectivity index (χ0n) is 22.9. The molecule has 0 saturated carbocycles. The van der Waals surface area contributed by atoms with Gasteiger partial charge in [0.2, 0.25) is 5.82 Å². The molecule has 1 heterocycles. The molecule has 0 unspecified atom stereocenters. The molecule has 0 amide bonds. The molecule has 0 atom stereocenters. The van der Waals surface area contributed by atoms with Crippen LogP contribution in [0.15, 0.2) is 36.4 Å². The standard InChI is InChI=1S/C32H46F2O3/c1-3-5-7-9-10-12-14-22-35-29-21-20-28(30(33)31(29)34)26-16-18-27(19-17-26)32-36-23-25(24-37-32)15-13-11-8-6-4-2/h16-21,25,32H,3-15,22-24H2,1-2H3. The lowest BCUT2D eigenvalue weighted by Crippen LogP contribution is -2.27. The average molecular weight is 517 g/mol. The van der Waals surface area contributed by atoms with Crippen molar-refractivity contribution in [2.24, 2.45) is 5.92 Å². The van der Waals surface area contributed by atoms with E-state index in [1.165, 1.54) is 63.9 Å². The fourth-order valence-corrected chi connectivity index (χ4v) is 4.87. The van der Waals surface area contributed by atoms with Crippen molar-refractivity contribution in [3.8, 4) is 16.9 Å². The lowest BCUT2D eigenvalue weighted by atomic mass is 10.0. The van der Waals surface area contributed by atoms with E-state index in [-0.39, 0.29) is 11.3 Å². The molecular formula is C32H46F2O3. The first-order valence-corrected chi connectivity index (χ1v) is 14.6. The highest BCUT2D eigenvalue weighted by Gasteiger charge is 2.23. The largest absolute Gasteiger partial charge is 0.490 e. The van der Waals surface area contributed by atoms with Crippen LogP contribution in [0, 0.1) is 17.6 Å². The zero-order valence-corrected chi connectivity index (χ0v) is 22.9. The van der Waals surface area contributed by atoms with Gasteiger partial charge in [-0.2, -0.15) is 4.39 Å². The molecular weight excluding hydrogens is 470 g/mol. The van der Waals surface area contributed by atoms with Crippen LogP contribution >= 0.6 is 0 Å². The van der Waals surface area contributed by atoms with E-state index >= 15 is 0 Å². The molecule has 1 saturated heterocycles. The van der Waals surface area contributed by atoms with Crippen LogP contribution in [-0.4, -0.2) is 19.8 Å². The predicted octanol–water partition coefficient (Wildman–Crippen LogP) is 9.78. The highest BCUT2D eigenvalue weighted by molar-refractivity contribution is 5.65. The summed E-state index contributed by atoms with van der Waals surface area (Å²) >= 11 is 0. The van der Waals surface area contributed by atoms with Gasteiger partial charge in [0.15, 0.2) is 17.9 Å². The van der Waals surface area contributed by atoms with Crippen LogP contribution in [0.4, 0.5) is 8.78 Å². The third-order valence-corrected chi connectivity index (χ3v) is 7.23. The average Bonchev–Trinajstić information content (AvgIpc) is 2.93. The van der Waals surface area contributed by atoms with E-state index in [0.29, 0.717) is 31.3 Å². The van der Waals surface area contributed by atoms with Crippen molar-refractivity contribution >= 4 is 0 Å². The van der Waals surface area contributed by atoms with E-state index < -0.39 is 17.9 Å². The molecule has 0 aliphatic carbocycles. The Morgan fingerprint density at radius 3 is 1.95 bits per heavy atom. The first-order valence-electron chi connectivity index (χ1n) is 14.6. The summed E-state index contributed by atoms with van der Waals surface area (Å²) in [6.45, 7) is 6.22. The second-order valence-corrected chi connectivity index (χ2v) is 10.4. The third-order valence-electron chi connectivity index (χ3n) is 7.23. The van der Waals surface area contributed by atoms with Gasteiger partial charge >= 0.3 is 0 Å². The topological polar surface area (TPSA) is 27.7 Å². The molecule has 1 fully saturated rings. The summed E-state index contributed by atoms with van der Waals surface area (Å²) in [6.07, 6.45) is 15.2. The second-order valence-electron chi connectivity index (χ2n) is 10.4. The van der Waals surface area contributed by atoms with E-state index in [1.54, 1.807) is 18.2 Å². The Labute approximate surface area is 222 Å². The Kier molecular flexibility index (Phi) is 13.4. The molecule has 2 aromatic rings. The first kappa shape index (κ1) is 29.6. The molecule has 1 aliphatic heterocycles. The molecule has 3 rings (SSSR count). The number of hydrogen-bond acceptors (Lipinski definition) is 3. The van der Waals surface area contributed by atoms with Gasteiger partial charge in [0.05, 0.1) is 19.8 Å². The van der Waals surface area contributed by atoms with Crippen LogP contribution in [0.2, 0.25) is 0 Å². The van der Waals surface area contributed by atoms with Crippen molar-refractivity contribution in [1.82, 2.24) is 0 Å². The minimum absolute atomic E-state index is 0.0206. The van der Waals surface area contributed by atoms with Crippen molar-refractivity contribution in [3.63, 3.8) is 0 Å². The van der Waals surface area contributed by atoms with Crippen molar-refractivity contribution in [2.75, 3.05) is 19.8 Å². The third kappa shape index (κ3) is 9.68. The van der Waals surface area contributed by atoms with Gasteiger partial charge in [0, 0.05) is 17.0 Å². The Balaban J connectivity index is 1.45. The molecule has 0 radical (unpaired) electrons. The number of ether oxygens (including phenoxy) is 3. The molecule has 206 valence electrons. The highest BCUT2D eigenvalue weighted by Crippen LogP contribution is 2.32. The Hall–Kier alpha value is -1.98. The summed E-state index contributed by atoms with van der Waals surface area (Å²) in [6, 6.07) is 10.4. The van der Waals surface area contributed by atoms with Gasteiger partial charge in [0.1, 0.15) is 0 Å². The number of unbranched alkanes of at least 4 members (excludes halogenated alkanes) is 10. The molecule has 3 nitrogen and oxygen atoms in total. The molecule has 37 heavy (non-hydrogen) atoms. The van der Waals surface area contributed by atoms with Gasteiger partial charge in [-0.05, 0) is 30.5 Å². The van der Waals surface area contributed by atoms with E-state index in [9.17, 15) is 8.78 Å². The lowest BCUT2D eigenvalue weighted by molar-refractivity contribution is -0.206. The molecule has 2 aromatic carbocycles. The first-order chi connectivity index (χ1) is 18.1. The van der Waals surface area contributed by atoms with Crippen LogP contribution < -0.4 is 4.74 Å². The summed E-state index contributed by atoms with van der Waals surface area (Å²) in [7, 11) is 0. The van der Waals surface area contributed by atoms with E-state index in [0.717, 1.165) is 31.2 Å². The van der Waals surface area contributed by atoms with Crippen LogP contribution in [-0.2, 0) is 9.47 Å². The van der Waals surface area contributed by atoms with Crippen LogP contribution in [0.5, 0.6) is 5.75 Å². The Bertz CT molecular complexity index is 892. The quantitative estimate of drug-likeness (QED) is 0.196. The normalized spacial score (nSPS) is 17.7. The Morgan fingerprint density at radius 2 is 1.30 bits per heavy atom. The fraction of sp³-hybridized carbons (Fsp3) is 0.625. The van der Waals surface area contributed by atoms with Gasteiger partial charge in [-0.25, -0.2) is 4.39 Å². The summed E-state index contributed by atoms with van der Waals surface area (Å²) < 4.78 is 47.0. The number of rotatable bonds is 17. The van der Waals surface area contributed by atoms with Crippen molar-refractivity contribution in [2.45, 2.75) is 104 Å². The molecule has 0 aromatic heterocycles. The summed E-state index contributed by atoms with van der Waals surface area (Å²) in [5, 5.41) is 0. The van der Waals surface area contributed by atoms with Crippen molar-refractivity contribution < 1.29 is 23.0 Å². The number of benzene rings is 2. The van der Waals surface area contributed by atoms with Crippen molar-refractivity contribution in [3.05, 3.63) is 53.6 Å². The zero-order chi connectivity index (χ0) is 26.3. The summed E-state index contributed by atoms with van der Waals surface area (Å²) in [4.78, 5) is 0. The second kappa shape index (κ2) is 16.8. The van der Waals surface area contributed by atoms with E-state index in [2.05, 4.69) is 13.8 Å². The maximum absolute atomic E-state index is 14.9. The van der Waals surface area contributed by atoms with Gasteiger partial charge in [0.25, 0.3) is 0 Å². The van der Waals surface area contributed by atoms with Gasteiger partial charge in [-0.15, -0.1) is 0 Å². The van der Waals surface area contributed by atoms with Crippen LogP contribution in [0.3, 0.4) is 0 Å². The van der Waals surface area contributed by atoms with Gasteiger partial charge < -0.3 is 14.2 Å². The van der Waals surface area contributed by atoms with Gasteiger partial charge in [-0.1, -0.05) is 109 Å². The highest BCUT2D eigenvalue weighted by atomic mass is 19.2. The van der Waals surface area contributed by atoms with Crippen LogP contribution in [0.25, 0.3) is 11.1 Å². The Morgan fingerprint density at radius 1 is 0.703 bits per heavy atom. The van der Waals surface area contributed by atoms with E-state index in [4.69, 9.17) is 14.2 Å². The number of hydrogen-bond donors (Lipinski definition) is 0. The predicted molar refractivity (Wildman–Crippen MR) is 147 cm³/mol. The van der Waals surface area contributed by atoms with E-state index in [1.807, 2.05) is 12.1 Å². The minimum Gasteiger partial charge on any atom is -0.490 e. The summed E-state index contributed by atoms with van der Waals surface area (Å²) in [5.74, 6) is -1.38. The molecule has 0 bridgehead atoms.